The molecule has 2 aliphatic rings. The minimum absolute atomic E-state index is 0.157. The molecule has 0 saturated carbocycles. The zero-order valence-electron chi connectivity index (χ0n) is 15.4. The van der Waals surface area contributed by atoms with E-state index >= 15 is 0 Å². The molecule has 2 aliphatic heterocycles. The Morgan fingerprint density at radius 1 is 1.31 bits per heavy atom. The van der Waals surface area contributed by atoms with Gasteiger partial charge in [-0.1, -0.05) is 0 Å². The van der Waals surface area contributed by atoms with Crippen molar-refractivity contribution in [3.05, 3.63) is 29.6 Å². The number of carbonyl (C=O) groups is 1. The molecule has 1 amide bonds. The van der Waals surface area contributed by atoms with Gasteiger partial charge < -0.3 is 15.0 Å². The Kier molecular flexibility index (Phi) is 4.96. The predicted octanol–water partition coefficient (Wildman–Crippen LogP) is 2.25. The SMILES string of the molecule is CC(=O)N1CCCC(c2[nH]c3cccnc3c2CN2CCCC(O)C2)C1. The van der Waals surface area contributed by atoms with E-state index in [1.165, 1.54) is 11.3 Å². The number of fused-ring (bicyclic) bond motifs is 1. The molecule has 140 valence electrons. The van der Waals surface area contributed by atoms with Crippen molar-refractivity contribution in [3.63, 3.8) is 0 Å². The fraction of sp³-hybridized carbons (Fsp3) is 0.600. The fourth-order valence-corrected chi connectivity index (χ4v) is 4.50. The van der Waals surface area contributed by atoms with Crippen molar-refractivity contribution in [1.82, 2.24) is 19.8 Å². The fourth-order valence-electron chi connectivity index (χ4n) is 4.50. The van der Waals surface area contributed by atoms with Crippen LogP contribution in [0, 0.1) is 0 Å². The number of β-amino-alcohol motifs (C(OH)–C–C–N with tert-alkyl or cyclic N) is 1. The second kappa shape index (κ2) is 7.37. The van der Waals surface area contributed by atoms with Gasteiger partial charge in [-0.05, 0) is 44.4 Å². The summed E-state index contributed by atoms with van der Waals surface area (Å²) in [6.07, 6.45) is 5.67. The number of nitrogens with zero attached hydrogens (tertiary/aromatic N) is 3. The summed E-state index contributed by atoms with van der Waals surface area (Å²) in [5.41, 5.74) is 4.56. The lowest BCUT2D eigenvalue weighted by Crippen LogP contribution is -2.39. The zero-order chi connectivity index (χ0) is 18.1. The molecule has 2 fully saturated rings. The molecule has 2 aromatic rings. The van der Waals surface area contributed by atoms with E-state index in [0.29, 0.717) is 5.92 Å². The number of piperidine rings is 2. The molecule has 0 spiro atoms. The van der Waals surface area contributed by atoms with E-state index in [1.54, 1.807) is 6.92 Å². The van der Waals surface area contributed by atoms with Gasteiger partial charge in [0.05, 0.1) is 17.1 Å². The number of amides is 1. The maximum absolute atomic E-state index is 11.9. The number of rotatable bonds is 3. The van der Waals surface area contributed by atoms with Gasteiger partial charge in [0.2, 0.25) is 5.91 Å². The number of aromatic amines is 1. The molecule has 4 heterocycles. The van der Waals surface area contributed by atoms with Crippen LogP contribution in [0.15, 0.2) is 18.3 Å². The Morgan fingerprint density at radius 3 is 2.96 bits per heavy atom. The van der Waals surface area contributed by atoms with Crippen molar-refractivity contribution >= 4 is 16.9 Å². The second-order valence-corrected chi connectivity index (χ2v) is 7.75. The van der Waals surface area contributed by atoms with Crippen LogP contribution in [0.5, 0.6) is 0 Å². The number of likely N-dealkylation sites (tertiary alicyclic amines) is 2. The minimum Gasteiger partial charge on any atom is -0.392 e. The molecule has 26 heavy (non-hydrogen) atoms. The summed E-state index contributed by atoms with van der Waals surface area (Å²) in [7, 11) is 0. The number of aliphatic hydroxyl groups is 1. The highest BCUT2D eigenvalue weighted by Crippen LogP contribution is 2.33. The average Bonchev–Trinajstić information content (AvgIpc) is 3.00. The molecule has 2 N–H and O–H groups in total. The Balaban J connectivity index is 1.66. The van der Waals surface area contributed by atoms with Crippen LogP contribution in [-0.2, 0) is 11.3 Å². The molecule has 0 bridgehead atoms. The lowest BCUT2D eigenvalue weighted by molar-refractivity contribution is -0.130. The molecular weight excluding hydrogens is 328 g/mol. The van der Waals surface area contributed by atoms with E-state index in [1.807, 2.05) is 17.2 Å². The van der Waals surface area contributed by atoms with E-state index in [-0.39, 0.29) is 12.0 Å². The molecule has 2 atom stereocenters. The van der Waals surface area contributed by atoms with Crippen molar-refractivity contribution in [2.45, 2.75) is 51.2 Å². The monoisotopic (exact) mass is 356 g/mol. The van der Waals surface area contributed by atoms with Crippen molar-refractivity contribution in [3.8, 4) is 0 Å². The van der Waals surface area contributed by atoms with Crippen molar-refractivity contribution < 1.29 is 9.90 Å². The number of H-pyrrole nitrogens is 1. The number of carbonyl (C=O) groups excluding carboxylic acids is 1. The molecular formula is C20H28N4O2. The van der Waals surface area contributed by atoms with Gasteiger partial charge in [0.25, 0.3) is 0 Å². The van der Waals surface area contributed by atoms with Gasteiger partial charge in [-0.2, -0.15) is 0 Å². The largest absolute Gasteiger partial charge is 0.392 e. The van der Waals surface area contributed by atoms with E-state index < -0.39 is 0 Å². The number of hydrogen-bond donors (Lipinski definition) is 2. The van der Waals surface area contributed by atoms with Gasteiger partial charge in [0.15, 0.2) is 0 Å². The average molecular weight is 356 g/mol. The molecule has 0 radical (unpaired) electrons. The third kappa shape index (κ3) is 3.48. The lowest BCUT2D eigenvalue weighted by Gasteiger charge is -2.33. The number of aliphatic hydroxyl groups excluding tert-OH is 1. The Labute approximate surface area is 154 Å². The molecule has 6 heteroatoms. The first-order valence-electron chi connectivity index (χ1n) is 9.73. The summed E-state index contributed by atoms with van der Waals surface area (Å²) >= 11 is 0. The highest BCUT2D eigenvalue weighted by Gasteiger charge is 2.28. The number of aromatic nitrogens is 2. The molecule has 0 aliphatic carbocycles. The third-order valence-corrected chi connectivity index (χ3v) is 5.83. The molecule has 2 aromatic heterocycles. The van der Waals surface area contributed by atoms with Gasteiger partial charge >= 0.3 is 0 Å². The van der Waals surface area contributed by atoms with Crippen molar-refractivity contribution in [2.75, 3.05) is 26.2 Å². The molecule has 0 aromatic carbocycles. The van der Waals surface area contributed by atoms with E-state index in [0.717, 1.165) is 69.4 Å². The topological polar surface area (TPSA) is 72.5 Å². The summed E-state index contributed by atoms with van der Waals surface area (Å²) in [6, 6.07) is 4.03. The Morgan fingerprint density at radius 2 is 2.15 bits per heavy atom. The first kappa shape index (κ1) is 17.5. The van der Waals surface area contributed by atoms with Crippen molar-refractivity contribution in [1.29, 1.82) is 0 Å². The van der Waals surface area contributed by atoms with Crippen LogP contribution in [0.2, 0.25) is 0 Å². The molecule has 4 rings (SSSR count). The van der Waals surface area contributed by atoms with Gasteiger partial charge in [-0.25, -0.2) is 0 Å². The van der Waals surface area contributed by atoms with Crippen LogP contribution in [0.3, 0.4) is 0 Å². The minimum atomic E-state index is -0.228. The smallest absolute Gasteiger partial charge is 0.219 e. The summed E-state index contributed by atoms with van der Waals surface area (Å²) in [4.78, 5) is 24.4. The lowest BCUT2D eigenvalue weighted by atomic mass is 9.92. The third-order valence-electron chi connectivity index (χ3n) is 5.83. The second-order valence-electron chi connectivity index (χ2n) is 7.75. The van der Waals surface area contributed by atoms with Gasteiger partial charge in [-0.3, -0.25) is 14.7 Å². The van der Waals surface area contributed by atoms with Crippen LogP contribution in [-0.4, -0.2) is 63.1 Å². The maximum Gasteiger partial charge on any atom is 0.219 e. The normalized spacial score (nSPS) is 24.9. The number of nitrogens with one attached hydrogen (secondary N) is 1. The maximum atomic E-state index is 11.9. The van der Waals surface area contributed by atoms with Gasteiger partial charge in [0, 0.05) is 56.5 Å². The summed E-state index contributed by atoms with van der Waals surface area (Å²) < 4.78 is 0. The van der Waals surface area contributed by atoms with Crippen LogP contribution in [0.4, 0.5) is 0 Å². The summed E-state index contributed by atoms with van der Waals surface area (Å²) in [5, 5.41) is 10.0. The van der Waals surface area contributed by atoms with Crippen LogP contribution in [0.25, 0.3) is 11.0 Å². The van der Waals surface area contributed by atoms with E-state index in [4.69, 9.17) is 0 Å². The highest BCUT2D eigenvalue weighted by atomic mass is 16.3. The highest BCUT2D eigenvalue weighted by molar-refractivity contribution is 5.80. The Bertz CT molecular complexity index is 787. The van der Waals surface area contributed by atoms with E-state index in [9.17, 15) is 9.90 Å². The van der Waals surface area contributed by atoms with Crippen LogP contribution >= 0.6 is 0 Å². The summed E-state index contributed by atoms with van der Waals surface area (Å²) in [5.74, 6) is 0.483. The van der Waals surface area contributed by atoms with Gasteiger partial charge in [0.1, 0.15) is 0 Å². The van der Waals surface area contributed by atoms with Crippen molar-refractivity contribution in [2.24, 2.45) is 0 Å². The first-order chi connectivity index (χ1) is 12.6. The first-order valence-corrected chi connectivity index (χ1v) is 9.73. The number of pyridine rings is 1. The quantitative estimate of drug-likeness (QED) is 0.885. The molecule has 6 nitrogen and oxygen atoms in total. The molecule has 2 saturated heterocycles. The van der Waals surface area contributed by atoms with E-state index in [2.05, 4.69) is 20.9 Å². The zero-order valence-corrected chi connectivity index (χ0v) is 15.4. The summed E-state index contributed by atoms with van der Waals surface area (Å²) in [6.45, 7) is 5.84. The standard InChI is InChI=1S/C20H28N4O2/c1-14(25)24-10-3-5-15(11-24)19-17(13-23-9-4-6-16(26)12-23)20-18(22-19)7-2-8-21-20/h2,7-8,15-16,22,26H,3-6,9-13H2,1H3. The Hall–Kier alpha value is -1.92. The predicted molar refractivity (Wildman–Crippen MR) is 101 cm³/mol. The number of hydrogen-bond acceptors (Lipinski definition) is 4. The van der Waals surface area contributed by atoms with Crippen LogP contribution < -0.4 is 0 Å². The van der Waals surface area contributed by atoms with Crippen LogP contribution in [0.1, 0.15) is 49.8 Å². The van der Waals surface area contributed by atoms with Gasteiger partial charge in [-0.15, -0.1) is 0 Å². The molecule has 2 unspecified atom stereocenters.